The van der Waals surface area contributed by atoms with Crippen LogP contribution < -0.4 is 5.73 Å². The van der Waals surface area contributed by atoms with Crippen LogP contribution in [0.5, 0.6) is 0 Å². The Morgan fingerprint density at radius 3 is 2.50 bits per heavy atom. The van der Waals surface area contributed by atoms with Crippen LogP contribution in [0.4, 0.5) is 0 Å². The van der Waals surface area contributed by atoms with Crippen molar-refractivity contribution in [3.8, 4) is 0 Å². The monoisotopic (exact) mass is 217 g/mol. The second kappa shape index (κ2) is 5.01. The lowest BCUT2D eigenvalue weighted by Crippen LogP contribution is -2.20. The number of hydrogen-bond donors (Lipinski definition) is 1. The zero-order valence-corrected chi connectivity index (χ0v) is 10.4. The molecule has 88 valence electrons. The maximum atomic E-state index is 5.78. The van der Waals surface area contributed by atoms with Gasteiger partial charge in [-0.3, -0.25) is 0 Å². The first kappa shape index (κ1) is 11.7. The summed E-state index contributed by atoms with van der Waals surface area (Å²) in [6.45, 7) is 5.34. The largest absolute Gasteiger partial charge is 0.330 e. The lowest BCUT2D eigenvalue weighted by Gasteiger charge is -2.31. The molecule has 1 aromatic carbocycles. The Bertz CT molecular complexity index is 341. The number of nitrogens with two attached hydrogens (primary N) is 1. The van der Waals surface area contributed by atoms with Crippen molar-refractivity contribution >= 4 is 0 Å². The van der Waals surface area contributed by atoms with Gasteiger partial charge in [0, 0.05) is 0 Å². The molecule has 2 rings (SSSR count). The van der Waals surface area contributed by atoms with Crippen molar-refractivity contribution in [3.63, 3.8) is 0 Å². The van der Waals surface area contributed by atoms with E-state index in [-0.39, 0.29) is 0 Å². The molecule has 0 bridgehead atoms. The molecule has 1 nitrogen and oxygen atoms in total. The topological polar surface area (TPSA) is 26.0 Å². The lowest BCUT2D eigenvalue weighted by molar-refractivity contribution is 0.409. The molecule has 2 N–H and O–H groups in total. The quantitative estimate of drug-likeness (QED) is 0.818. The second-order valence-corrected chi connectivity index (χ2v) is 5.26. The van der Waals surface area contributed by atoms with Gasteiger partial charge in [0.15, 0.2) is 0 Å². The Hall–Kier alpha value is -0.820. The Balaban J connectivity index is 2.24. The van der Waals surface area contributed by atoms with Crippen molar-refractivity contribution in [2.45, 2.75) is 44.9 Å². The maximum Gasteiger partial charge on any atom is -0.00458 e. The average Bonchev–Trinajstić information content (AvgIpc) is 2.25. The highest BCUT2D eigenvalue weighted by atomic mass is 14.5. The molecule has 1 aliphatic rings. The molecule has 0 saturated heterocycles. The highest BCUT2D eigenvalue weighted by molar-refractivity contribution is 5.34. The summed E-state index contributed by atoms with van der Waals surface area (Å²) in [5, 5.41) is 0. The van der Waals surface area contributed by atoms with E-state index in [0.717, 1.165) is 12.5 Å². The standard InChI is InChI=1S/C15H23N/c1-11(10-16)12(2)14-8-3-4-9-15(14)13-6-5-7-13/h3-4,8-9,11-13H,5-7,10,16H2,1-2H3. The zero-order chi connectivity index (χ0) is 11.5. The minimum Gasteiger partial charge on any atom is -0.330 e. The van der Waals surface area contributed by atoms with Crippen molar-refractivity contribution in [3.05, 3.63) is 35.4 Å². The average molecular weight is 217 g/mol. The summed E-state index contributed by atoms with van der Waals surface area (Å²) in [5.74, 6) is 1.98. The Morgan fingerprint density at radius 1 is 1.25 bits per heavy atom. The highest BCUT2D eigenvalue weighted by Gasteiger charge is 2.24. The van der Waals surface area contributed by atoms with Crippen LogP contribution in [-0.2, 0) is 0 Å². The molecular weight excluding hydrogens is 194 g/mol. The van der Waals surface area contributed by atoms with Gasteiger partial charge in [-0.15, -0.1) is 0 Å². The molecule has 0 aromatic heterocycles. The molecule has 0 radical (unpaired) electrons. The summed E-state index contributed by atoms with van der Waals surface area (Å²) < 4.78 is 0. The molecule has 1 aromatic rings. The molecule has 0 aliphatic heterocycles. The normalized spacial score (nSPS) is 20.2. The first-order valence-corrected chi connectivity index (χ1v) is 6.53. The first-order valence-electron chi connectivity index (χ1n) is 6.53. The van der Waals surface area contributed by atoms with Gasteiger partial charge in [0.25, 0.3) is 0 Å². The molecule has 1 fully saturated rings. The van der Waals surface area contributed by atoms with Gasteiger partial charge in [-0.25, -0.2) is 0 Å². The van der Waals surface area contributed by atoms with Crippen molar-refractivity contribution < 1.29 is 0 Å². The van der Waals surface area contributed by atoms with Gasteiger partial charge in [-0.2, -0.15) is 0 Å². The molecule has 1 aliphatic carbocycles. The van der Waals surface area contributed by atoms with Crippen LogP contribution in [0.25, 0.3) is 0 Å². The van der Waals surface area contributed by atoms with Crippen LogP contribution in [-0.4, -0.2) is 6.54 Å². The van der Waals surface area contributed by atoms with Crippen LogP contribution >= 0.6 is 0 Å². The second-order valence-electron chi connectivity index (χ2n) is 5.26. The van der Waals surface area contributed by atoms with E-state index in [4.69, 9.17) is 5.73 Å². The van der Waals surface area contributed by atoms with E-state index in [9.17, 15) is 0 Å². The summed E-state index contributed by atoms with van der Waals surface area (Å²) in [4.78, 5) is 0. The van der Waals surface area contributed by atoms with Crippen molar-refractivity contribution in [1.29, 1.82) is 0 Å². The van der Waals surface area contributed by atoms with Gasteiger partial charge < -0.3 is 5.73 Å². The SMILES string of the molecule is CC(CN)C(C)c1ccccc1C1CCC1. The van der Waals surface area contributed by atoms with E-state index in [1.165, 1.54) is 24.8 Å². The van der Waals surface area contributed by atoms with Gasteiger partial charge in [0.1, 0.15) is 0 Å². The smallest absolute Gasteiger partial charge is 0.00458 e. The summed E-state index contributed by atoms with van der Waals surface area (Å²) in [6, 6.07) is 8.96. The van der Waals surface area contributed by atoms with Crippen LogP contribution in [0.1, 0.15) is 56.1 Å². The Morgan fingerprint density at radius 2 is 1.94 bits per heavy atom. The summed E-state index contributed by atoms with van der Waals surface area (Å²) >= 11 is 0. The third kappa shape index (κ3) is 2.15. The van der Waals surface area contributed by atoms with E-state index >= 15 is 0 Å². The molecule has 2 atom stereocenters. The minimum atomic E-state index is 0.571. The van der Waals surface area contributed by atoms with Crippen LogP contribution in [0.2, 0.25) is 0 Å². The highest BCUT2D eigenvalue weighted by Crippen LogP contribution is 2.40. The van der Waals surface area contributed by atoms with Gasteiger partial charge in [0.05, 0.1) is 0 Å². The maximum absolute atomic E-state index is 5.78. The van der Waals surface area contributed by atoms with Gasteiger partial charge in [0.2, 0.25) is 0 Å². The summed E-state index contributed by atoms with van der Waals surface area (Å²) in [6.07, 6.45) is 4.15. The van der Waals surface area contributed by atoms with Crippen LogP contribution in [0, 0.1) is 5.92 Å². The van der Waals surface area contributed by atoms with E-state index in [1.54, 1.807) is 5.56 Å². The fraction of sp³-hybridized carbons (Fsp3) is 0.600. The minimum absolute atomic E-state index is 0.571. The summed E-state index contributed by atoms with van der Waals surface area (Å²) in [7, 11) is 0. The molecule has 16 heavy (non-hydrogen) atoms. The Labute approximate surface area is 99.0 Å². The van der Waals surface area contributed by atoms with E-state index < -0.39 is 0 Å². The van der Waals surface area contributed by atoms with Gasteiger partial charge in [-0.1, -0.05) is 44.5 Å². The summed E-state index contributed by atoms with van der Waals surface area (Å²) in [5.41, 5.74) is 8.90. The predicted molar refractivity (Wildman–Crippen MR) is 69.7 cm³/mol. The first-order chi connectivity index (χ1) is 7.74. The molecule has 2 unspecified atom stereocenters. The van der Waals surface area contributed by atoms with E-state index in [2.05, 4.69) is 38.1 Å². The fourth-order valence-corrected chi connectivity index (χ4v) is 2.53. The number of rotatable bonds is 4. The fourth-order valence-electron chi connectivity index (χ4n) is 2.53. The molecule has 0 spiro atoms. The number of benzene rings is 1. The Kier molecular flexibility index (Phi) is 3.65. The van der Waals surface area contributed by atoms with Gasteiger partial charge >= 0.3 is 0 Å². The van der Waals surface area contributed by atoms with Crippen molar-refractivity contribution in [1.82, 2.24) is 0 Å². The molecular formula is C15H23N. The third-order valence-electron chi connectivity index (χ3n) is 4.26. The van der Waals surface area contributed by atoms with E-state index in [0.29, 0.717) is 11.8 Å². The lowest BCUT2D eigenvalue weighted by atomic mass is 9.74. The zero-order valence-electron chi connectivity index (χ0n) is 10.4. The molecule has 1 saturated carbocycles. The van der Waals surface area contributed by atoms with Gasteiger partial charge in [-0.05, 0) is 48.3 Å². The molecule has 1 heteroatoms. The molecule has 0 heterocycles. The predicted octanol–water partition coefficient (Wildman–Crippen LogP) is 3.65. The third-order valence-corrected chi connectivity index (χ3v) is 4.26. The van der Waals surface area contributed by atoms with Crippen LogP contribution in [0.15, 0.2) is 24.3 Å². The van der Waals surface area contributed by atoms with Crippen LogP contribution in [0.3, 0.4) is 0 Å². The van der Waals surface area contributed by atoms with E-state index in [1.807, 2.05) is 0 Å². The van der Waals surface area contributed by atoms with Crippen molar-refractivity contribution in [2.24, 2.45) is 11.7 Å². The molecule has 0 amide bonds. The van der Waals surface area contributed by atoms with Crippen molar-refractivity contribution in [2.75, 3.05) is 6.54 Å². The number of hydrogen-bond acceptors (Lipinski definition) is 1.